The molecule has 0 saturated carbocycles. The third-order valence-electron chi connectivity index (χ3n) is 3.50. The van der Waals surface area contributed by atoms with Crippen LogP contribution in [0.15, 0.2) is 18.2 Å². The van der Waals surface area contributed by atoms with Crippen molar-refractivity contribution >= 4 is 27.3 Å². The smallest absolute Gasteiger partial charge is 0.169 e. The van der Waals surface area contributed by atoms with E-state index in [2.05, 4.69) is 6.07 Å². The lowest BCUT2D eigenvalue weighted by atomic mass is 10.0. The number of thioether (sulfide) groups is 1. The lowest BCUT2D eigenvalue weighted by Gasteiger charge is -2.37. The average molecular weight is 326 g/mol. The molecule has 21 heavy (non-hydrogen) atoms. The number of benzene rings is 1. The van der Waals surface area contributed by atoms with Gasteiger partial charge in [-0.2, -0.15) is 17.0 Å². The van der Waals surface area contributed by atoms with Gasteiger partial charge in [-0.25, -0.2) is 8.42 Å². The number of nitrogens with zero attached hydrogens (tertiary/aromatic N) is 2. The number of rotatable bonds is 3. The van der Waals surface area contributed by atoms with E-state index in [0.29, 0.717) is 29.1 Å². The fraction of sp³-hybridized carbons (Fsp3) is 0.500. The molecule has 1 fully saturated rings. The highest BCUT2D eigenvalue weighted by Gasteiger charge is 2.32. The van der Waals surface area contributed by atoms with Gasteiger partial charge in [0.1, 0.15) is 5.37 Å². The number of nitriles is 1. The van der Waals surface area contributed by atoms with Crippen LogP contribution in [0, 0.1) is 11.3 Å². The van der Waals surface area contributed by atoms with Crippen LogP contribution in [0.5, 0.6) is 0 Å². The summed E-state index contributed by atoms with van der Waals surface area (Å²) in [6.07, 6.45) is 0.509. The van der Waals surface area contributed by atoms with Gasteiger partial charge in [0.25, 0.3) is 0 Å². The topological polar surface area (TPSA) is 81.4 Å². The van der Waals surface area contributed by atoms with Gasteiger partial charge in [0.2, 0.25) is 0 Å². The van der Waals surface area contributed by atoms with Crippen molar-refractivity contribution in [3.05, 3.63) is 29.3 Å². The first-order valence-corrected chi connectivity index (χ1v) is 9.71. The van der Waals surface area contributed by atoms with Crippen LogP contribution in [-0.4, -0.2) is 43.2 Å². The lowest BCUT2D eigenvalue weighted by Crippen LogP contribution is -2.47. The number of sulfone groups is 1. The maximum absolute atomic E-state index is 12.0. The molecule has 0 bridgehead atoms. The Labute approximate surface area is 129 Å². The van der Waals surface area contributed by atoms with E-state index in [1.54, 1.807) is 41.8 Å². The van der Waals surface area contributed by atoms with Crippen molar-refractivity contribution in [3.63, 3.8) is 0 Å². The molecule has 0 amide bonds. The second-order valence-corrected chi connectivity index (χ2v) is 8.47. The summed E-state index contributed by atoms with van der Waals surface area (Å²) in [7, 11) is -3.24. The Balaban J connectivity index is 2.54. The highest BCUT2D eigenvalue weighted by atomic mass is 32.2. The molecule has 7 heteroatoms. The summed E-state index contributed by atoms with van der Waals surface area (Å²) in [5.41, 5.74) is 1.74. The van der Waals surface area contributed by atoms with Gasteiger partial charge in [0.05, 0.1) is 17.7 Å². The monoisotopic (exact) mass is 326 g/mol. The quantitative estimate of drug-likeness (QED) is 0.907. The summed E-state index contributed by atoms with van der Waals surface area (Å²) >= 11 is 1.60. The molecule has 0 radical (unpaired) electrons. The zero-order valence-corrected chi connectivity index (χ0v) is 13.6. The SMILES string of the molecule is CC(O)c1ccc(C#N)cc1N1CCSCC1S(C)(=O)=O. The molecular weight excluding hydrogens is 308 g/mol. The van der Waals surface area contributed by atoms with Gasteiger partial charge in [-0.1, -0.05) is 6.07 Å². The van der Waals surface area contributed by atoms with Crippen molar-refractivity contribution in [1.29, 1.82) is 5.26 Å². The third kappa shape index (κ3) is 3.51. The second-order valence-electron chi connectivity index (χ2n) is 5.11. The van der Waals surface area contributed by atoms with E-state index >= 15 is 0 Å². The van der Waals surface area contributed by atoms with Crippen molar-refractivity contribution in [2.24, 2.45) is 0 Å². The van der Waals surface area contributed by atoms with Crippen molar-refractivity contribution in [2.75, 3.05) is 29.2 Å². The van der Waals surface area contributed by atoms with Crippen molar-refractivity contribution in [1.82, 2.24) is 0 Å². The van der Waals surface area contributed by atoms with Crippen LogP contribution in [0.25, 0.3) is 0 Å². The van der Waals surface area contributed by atoms with Gasteiger partial charge in [-0.05, 0) is 19.1 Å². The van der Waals surface area contributed by atoms with E-state index < -0.39 is 21.3 Å². The first kappa shape index (κ1) is 16.1. The summed E-state index contributed by atoms with van der Waals surface area (Å²) < 4.78 is 24.0. The maximum atomic E-state index is 12.0. The van der Waals surface area contributed by atoms with E-state index in [-0.39, 0.29) is 0 Å². The van der Waals surface area contributed by atoms with E-state index in [0.717, 1.165) is 5.75 Å². The van der Waals surface area contributed by atoms with Crippen LogP contribution in [0.3, 0.4) is 0 Å². The molecule has 1 saturated heterocycles. The van der Waals surface area contributed by atoms with Gasteiger partial charge in [0.15, 0.2) is 9.84 Å². The Morgan fingerprint density at radius 2 is 2.24 bits per heavy atom. The standard InChI is InChI=1S/C14H18N2O3S2/c1-10(17)12-4-3-11(8-15)7-13(12)16-5-6-20-9-14(16)21(2,18)19/h3-4,7,10,14,17H,5-6,9H2,1-2H3. The van der Waals surface area contributed by atoms with E-state index in [9.17, 15) is 13.5 Å². The van der Waals surface area contributed by atoms with Crippen LogP contribution in [0.1, 0.15) is 24.2 Å². The molecule has 0 aromatic heterocycles. The Bertz CT molecular complexity index is 665. The third-order valence-corrected chi connectivity index (χ3v) is 6.14. The predicted octanol–water partition coefficient (Wildman–Crippen LogP) is 1.54. The minimum absolute atomic E-state index is 0.458. The molecule has 114 valence electrons. The van der Waals surface area contributed by atoms with E-state index in [4.69, 9.17) is 5.26 Å². The molecule has 1 aromatic carbocycles. The van der Waals surface area contributed by atoms with E-state index in [1.807, 2.05) is 0 Å². The summed E-state index contributed by atoms with van der Waals surface area (Å²) in [5, 5.41) is 18.4. The predicted molar refractivity (Wildman–Crippen MR) is 85.1 cm³/mol. The fourth-order valence-corrected chi connectivity index (χ4v) is 5.26. The van der Waals surface area contributed by atoms with Gasteiger partial charge >= 0.3 is 0 Å². The molecule has 1 aliphatic rings. The van der Waals surface area contributed by atoms with Crippen molar-refractivity contribution in [2.45, 2.75) is 18.4 Å². The molecule has 5 nitrogen and oxygen atoms in total. The van der Waals surface area contributed by atoms with Crippen molar-refractivity contribution < 1.29 is 13.5 Å². The number of hydrogen-bond donors (Lipinski definition) is 1. The normalized spacial score (nSPS) is 20.9. The largest absolute Gasteiger partial charge is 0.389 e. The highest BCUT2D eigenvalue weighted by Crippen LogP contribution is 2.33. The number of aliphatic hydroxyl groups is 1. The minimum atomic E-state index is -3.24. The molecule has 1 aliphatic heterocycles. The molecule has 2 rings (SSSR count). The molecule has 1 N–H and O–H groups in total. The van der Waals surface area contributed by atoms with Crippen LogP contribution in [-0.2, 0) is 9.84 Å². The van der Waals surface area contributed by atoms with Gasteiger partial charge < -0.3 is 10.0 Å². The minimum Gasteiger partial charge on any atom is -0.389 e. The van der Waals surface area contributed by atoms with E-state index in [1.165, 1.54) is 6.26 Å². The second kappa shape index (κ2) is 6.26. The van der Waals surface area contributed by atoms with Crippen LogP contribution in [0.4, 0.5) is 5.69 Å². The summed E-state index contributed by atoms with van der Waals surface area (Å²) in [5.74, 6) is 1.32. The van der Waals surface area contributed by atoms with Crippen LogP contribution < -0.4 is 4.90 Å². The number of hydrogen-bond acceptors (Lipinski definition) is 6. The average Bonchev–Trinajstić information content (AvgIpc) is 2.45. The Kier molecular flexibility index (Phi) is 4.81. The number of aliphatic hydroxyl groups excluding tert-OH is 1. The molecule has 0 spiro atoms. The van der Waals surface area contributed by atoms with Gasteiger partial charge in [-0.3, -0.25) is 0 Å². The lowest BCUT2D eigenvalue weighted by molar-refractivity contribution is 0.199. The molecule has 1 heterocycles. The summed E-state index contributed by atoms with van der Waals surface area (Å²) in [6.45, 7) is 2.22. The number of anilines is 1. The summed E-state index contributed by atoms with van der Waals surface area (Å²) in [4.78, 5) is 1.80. The molecule has 0 aliphatic carbocycles. The van der Waals surface area contributed by atoms with Crippen molar-refractivity contribution in [3.8, 4) is 6.07 Å². The van der Waals surface area contributed by atoms with Gasteiger partial charge in [-0.15, -0.1) is 0 Å². The first-order chi connectivity index (χ1) is 9.84. The molecule has 1 aromatic rings. The highest BCUT2D eigenvalue weighted by molar-refractivity contribution is 8.01. The zero-order chi connectivity index (χ0) is 15.6. The van der Waals surface area contributed by atoms with Crippen LogP contribution in [0.2, 0.25) is 0 Å². The Morgan fingerprint density at radius 3 is 2.81 bits per heavy atom. The Hall–Kier alpha value is -1.23. The molecular formula is C14H18N2O3S2. The zero-order valence-electron chi connectivity index (χ0n) is 12.0. The molecule has 2 unspecified atom stereocenters. The summed E-state index contributed by atoms with van der Waals surface area (Å²) in [6, 6.07) is 7.06. The molecule has 2 atom stereocenters. The first-order valence-electron chi connectivity index (χ1n) is 6.60. The maximum Gasteiger partial charge on any atom is 0.169 e. The van der Waals surface area contributed by atoms with Crippen LogP contribution >= 0.6 is 11.8 Å². The fourth-order valence-electron chi connectivity index (χ4n) is 2.43. The van der Waals surface area contributed by atoms with Gasteiger partial charge in [0, 0.05) is 35.6 Å². The Morgan fingerprint density at radius 1 is 1.52 bits per heavy atom.